The standard InChI is InChI=1S/C13H17Br2NOS/c1-16(8-9-5-3-2-4-6-9)13(17)10-7-11(14)18-12(10)15/h7,9H,2-6,8H2,1H3. The van der Waals surface area contributed by atoms with Gasteiger partial charge in [-0.25, -0.2) is 0 Å². The molecule has 1 heterocycles. The zero-order chi connectivity index (χ0) is 13.1. The van der Waals surface area contributed by atoms with E-state index in [1.807, 2.05) is 18.0 Å². The molecule has 1 aliphatic rings. The molecule has 1 aromatic heterocycles. The summed E-state index contributed by atoms with van der Waals surface area (Å²) in [6, 6.07) is 1.90. The van der Waals surface area contributed by atoms with Gasteiger partial charge >= 0.3 is 0 Å². The van der Waals surface area contributed by atoms with Crippen LogP contribution in [-0.2, 0) is 0 Å². The van der Waals surface area contributed by atoms with E-state index in [0.29, 0.717) is 5.92 Å². The fraction of sp³-hybridized carbons (Fsp3) is 0.615. The van der Waals surface area contributed by atoms with Gasteiger partial charge in [0.1, 0.15) is 0 Å². The van der Waals surface area contributed by atoms with Crippen LogP contribution in [0, 0.1) is 5.92 Å². The van der Waals surface area contributed by atoms with Crippen molar-refractivity contribution in [2.24, 2.45) is 5.92 Å². The van der Waals surface area contributed by atoms with E-state index in [1.54, 1.807) is 11.3 Å². The molecule has 18 heavy (non-hydrogen) atoms. The second kappa shape index (κ2) is 6.53. The summed E-state index contributed by atoms with van der Waals surface area (Å²) in [5.74, 6) is 0.808. The summed E-state index contributed by atoms with van der Waals surface area (Å²) < 4.78 is 1.90. The molecule has 0 unspecified atom stereocenters. The Morgan fingerprint density at radius 3 is 2.61 bits per heavy atom. The second-order valence-electron chi connectivity index (χ2n) is 4.93. The summed E-state index contributed by atoms with van der Waals surface area (Å²) in [6.45, 7) is 0.888. The van der Waals surface area contributed by atoms with Crippen LogP contribution in [0.4, 0.5) is 0 Å². The first-order chi connectivity index (χ1) is 8.58. The van der Waals surface area contributed by atoms with Crippen molar-refractivity contribution < 1.29 is 4.79 Å². The summed E-state index contributed by atoms with van der Waals surface area (Å²) in [7, 11) is 1.91. The van der Waals surface area contributed by atoms with Crippen LogP contribution >= 0.6 is 43.2 Å². The summed E-state index contributed by atoms with van der Waals surface area (Å²) in [6.07, 6.45) is 6.54. The van der Waals surface area contributed by atoms with Crippen LogP contribution in [-0.4, -0.2) is 24.4 Å². The van der Waals surface area contributed by atoms with Crippen LogP contribution in [0.1, 0.15) is 42.5 Å². The van der Waals surface area contributed by atoms with Crippen molar-refractivity contribution in [3.63, 3.8) is 0 Å². The van der Waals surface area contributed by atoms with E-state index < -0.39 is 0 Å². The number of carbonyl (C=O) groups is 1. The zero-order valence-electron chi connectivity index (χ0n) is 10.4. The number of halogens is 2. The molecule has 0 spiro atoms. The summed E-state index contributed by atoms with van der Waals surface area (Å²) >= 11 is 8.42. The first-order valence-electron chi connectivity index (χ1n) is 6.28. The number of carbonyl (C=O) groups excluding carboxylic acids is 1. The molecule has 0 radical (unpaired) electrons. The van der Waals surface area contributed by atoms with Crippen LogP contribution in [0.5, 0.6) is 0 Å². The maximum Gasteiger partial charge on any atom is 0.255 e. The Balaban J connectivity index is 1.97. The molecule has 0 aromatic carbocycles. The van der Waals surface area contributed by atoms with E-state index >= 15 is 0 Å². The molecule has 2 nitrogen and oxygen atoms in total. The Bertz CT molecular complexity index is 427. The first-order valence-corrected chi connectivity index (χ1v) is 8.68. The third kappa shape index (κ3) is 3.58. The van der Waals surface area contributed by atoms with Crippen molar-refractivity contribution >= 4 is 49.1 Å². The van der Waals surface area contributed by atoms with Crippen molar-refractivity contribution in [2.45, 2.75) is 32.1 Å². The SMILES string of the molecule is CN(CC1CCCCC1)C(=O)c1cc(Br)sc1Br. The third-order valence-corrected chi connectivity index (χ3v) is 5.83. The van der Waals surface area contributed by atoms with Gasteiger partial charge in [-0.05, 0) is 56.7 Å². The van der Waals surface area contributed by atoms with E-state index in [0.717, 1.165) is 19.7 Å². The van der Waals surface area contributed by atoms with Crippen LogP contribution in [0.15, 0.2) is 13.6 Å². The summed E-state index contributed by atoms with van der Waals surface area (Å²) in [5, 5.41) is 0. The summed E-state index contributed by atoms with van der Waals surface area (Å²) in [5.41, 5.74) is 0.769. The van der Waals surface area contributed by atoms with Crippen LogP contribution in [0.2, 0.25) is 0 Å². The van der Waals surface area contributed by atoms with Crippen LogP contribution < -0.4 is 0 Å². The van der Waals surface area contributed by atoms with Crippen LogP contribution in [0.3, 0.4) is 0 Å². The van der Waals surface area contributed by atoms with Crippen molar-refractivity contribution in [1.82, 2.24) is 4.90 Å². The molecule has 1 aromatic rings. The van der Waals surface area contributed by atoms with E-state index in [-0.39, 0.29) is 5.91 Å². The van der Waals surface area contributed by atoms with Gasteiger partial charge in [0.15, 0.2) is 0 Å². The maximum absolute atomic E-state index is 12.3. The molecule has 0 atom stereocenters. The van der Waals surface area contributed by atoms with Gasteiger partial charge in [0.2, 0.25) is 0 Å². The molecule has 0 aliphatic heterocycles. The predicted molar refractivity (Wildman–Crippen MR) is 83.3 cm³/mol. The average molecular weight is 395 g/mol. The highest BCUT2D eigenvalue weighted by Crippen LogP contribution is 2.33. The number of amides is 1. The lowest BCUT2D eigenvalue weighted by Gasteiger charge is -2.27. The molecule has 1 fully saturated rings. The molecule has 0 bridgehead atoms. The van der Waals surface area contributed by atoms with Crippen molar-refractivity contribution in [2.75, 3.05) is 13.6 Å². The Labute approximate surface area is 129 Å². The minimum atomic E-state index is 0.120. The number of hydrogen-bond donors (Lipinski definition) is 0. The molecule has 0 saturated heterocycles. The fourth-order valence-electron chi connectivity index (χ4n) is 2.53. The molecule has 1 saturated carbocycles. The molecule has 0 N–H and O–H groups in total. The molecule has 100 valence electrons. The monoisotopic (exact) mass is 393 g/mol. The predicted octanol–water partition coefficient (Wildman–Crippen LogP) is 4.93. The smallest absolute Gasteiger partial charge is 0.255 e. The lowest BCUT2D eigenvalue weighted by Crippen LogP contribution is -2.32. The van der Waals surface area contributed by atoms with Crippen molar-refractivity contribution in [3.05, 3.63) is 19.2 Å². The molecule has 2 rings (SSSR count). The quantitative estimate of drug-likeness (QED) is 0.711. The number of hydrogen-bond acceptors (Lipinski definition) is 2. The topological polar surface area (TPSA) is 20.3 Å². The Kier molecular flexibility index (Phi) is 5.27. The Morgan fingerprint density at radius 2 is 2.06 bits per heavy atom. The van der Waals surface area contributed by atoms with Gasteiger partial charge in [-0.3, -0.25) is 4.79 Å². The number of rotatable bonds is 3. The normalized spacial score (nSPS) is 16.8. The van der Waals surface area contributed by atoms with E-state index in [2.05, 4.69) is 31.9 Å². The molecular formula is C13H17Br2NOS. The largest absolute Gasteiger partial charge is 0.341 e. The maximum atomic E-state index is 12.3. The number of nitrogens with zero attached hydrogens (tertiary/aromatic N) is 1. The lowest BCUT2D eigenvalue weighted by molar-refractivity contribution is 0.0760. The van der Waals surface area contributed by atoms with Gasteiger partial charge in [0.25, 0.3) is 5.91 Å². The van der Waals surface area contributed by atoms with Gasteiger partial charge in [0.05, 0.1) is 13.1 Å². The van der Waals surface area contributed by atoms with Gasteiger partial charge in [0, 0.05) is 13.6 Å². The molecular weight excluding hydrogens is 378 g/mol. The van der Waals surface area contributed by atoms with E-state index in [9.17, 15) is 4.79 Å². The summed E-state index contributed by atoms with van der Waals surface area (Å²) in [4.78, 5) is 14.2. The van der Waals surface area contributed by atoms with Gasteiger partial charge in [-0.15, -0.1) is 11.3 Å². The van der Waals surface area contributed by atoms with Crippen LogP contribution in [0.25, 0.3) is 0 Å². The highest BCUT2D eigenvalue weighted by atomic mass is 79.9. The Morgan fingerprint density at radius 1 is 1.39 bits per heavy atom. The zero-order valence-corrected chi connectivity index (χ0v) is 14.4. The van der Waals surface area contributed by atoms with Gasteiger partial charge in [-0.1, -0.05) is 19.3 Å². The molecule has 1 amide bonds. The minimum absolute atomic E-state index is 0.120. The number of thiophene rings is 1. The first kappa shape index (κ1) is 14.5. The third-order valence-electron chi connectivity index (χ3n) is 3.49. The fourth-order valence-corrected chi connectivity index (χ4v) is 5.31. The van der Waals surface area contributed by atoms with Crippen molar-refractivity contribution in [1.29, 1.82) is 0 Å². The van der Waals surface area contributed by atoms with Gasteiger partial charge < -0.3 is 4.90 Å². The second-order valence-corrected chi connectivity index (χ2v) is 8.68. The minimum Gasteiger partial charge on any atom is -0.341 e. The average Bonchev–Trinajstić information content (AvgIpc) is 2.68. The van der Waals surface area contributed by atoms with E-state index in [1.165, 1.54) is 32.1 Å². The van der Waals surface area contributed by atoms with Crippen molar-refractivity contribution in [3.8, 4) is 0 Å². The molecule has 1 aliphatic carbocycles. The highest BCUT2D eigenvalue weighted by molar-refractivity contribution is 9.12. The highest BCUT2D eigenvalue weighted by Gasteiger charge is 2.21. The van der Waals surface area contributed by atoms with Gasteiger partial charge in [-0.2, -0.15) is 0 Å². The van der Waals surface area contributed by atoms with E-state index in [4.69, 9.17) is 0 Å². The Hall–Kier alpha value is 0.130. The molecule has 5 heteroatoms. The lowest BCUT2D eigenvalue weighted by atomic mass is 9.89.